The average molecular weight is 334 g/mol. The molecule has 0 unspecified atom stereocenters. The summed E-state index contributed by atoms with van der Waals surface area (Å²) in [5, 5.41) is 0. The van der Waals surface area contributed by atoms with Gasteiger partial charge in [-0.2, -0.15) is 0 Å². The summed E-state index contributed by atoms with van der Waals surface area (Å²) < 4.78 is 18.3. The molecule has 0 bridgehead atoms. The average Bonchev–Trinajstić information content (AvgIpc) is 2.58. The van der Waals surface area contributed by atoms with Crippen molar-refractivity contribution in [2.24, 2.45) is 0 Å². The minimum Gasteiger partial charge on any atom is -0.544 e. The van der Waals surface area contributed by atoms with Crippen LogP contribution in [0.3, 0.4) is 0 Å². The zero-order valence-corrected chi connectivity index (χ0v) is 16.7. The van der Waals surface area contributed by atoms with Crippen LogP contribution in [0.1, 0.15) is 39.7 Å². The lowest BCUT2D eigenvalue weighted by Gasteiger charge is -2.32. The molecule has 0 atom stereocenters. The summed E-state index contributed by atoms with van der Waals surface area (Å²) in [6, 6.07) is 8.39. The summed E-state index contributed by atoms with van der Waals surface area (Å²) in [7, 11) is -1.69. The summed E-state index contributed by atoms with van der Waals surface area (Å²) >= 11 is 0. The quantitative estimate of drug-likeness (QED) is 0.691. The van der Waals surface area contributed by atoms with Crippen molar-refractivity contribution in [1.29, 1.82) is 0 Å². The first kappa shape index (κ1) is 18.6. The van der Waals surface area contributed by atoms with E-state index in [4.69, 9.17) is 13.7 Å². The molecule has 1 saturated heterocycles. The molecular formula is C18H31BO3Si. The Morgan fingerprint density at radius 2 is 1.57 bits per heavy atom. The standard InChI is InChI=1S/C18H31BO3Si/c1-17(2)18(3,4)22-19(21-17)14-10-12-15-11-8-9-13-16(15)20-23(5,6)7/h8-9,11,13H,10,12,14H2,1-7H3. The van der Waals surface area contributed by atoms with Crippen LogP contribution in [0.15, 0.2) is 24.3 Å². The van der Waals surface area contributed by atoms with E-state index in [0.717, 1.165) is 24.9 Å². The van der Waals surface area contributed by atoms with Crippen LogP contribution >= 0.6 is 0 Å². The number of aryl methyl sites for hydroxylation is 1. The van der Waals surface area contributed by atoms with Crippen molar-refractivity contribution in [3.8, 4) is 5.75 Å². The molecule has 0 aliphatic carbocycles. The smallest absolute Gasteiger partial charge is 0.457 e. The molecule has 0 N–H and O–H groups in total. The third-order valence-corrected chi connectivity index (χ3v) is 5.41. The third-order valence-electron chi connectivity index (χ3n) is 4.58. The van der Waals surface area contributed by atoms with E-state index < -0.39 is 8.32 Å². The largest absolute Gasteiger partial charge is 0.544 e. The first-order valence-electron chi connectivity index (χ1n) is 8.63. The fourth-order valence-corrected chi connectivity index (χ4v) is 3.54. The normalized spacial score (nSPS) is 19.9. The molecule has 1 fully saturated rings. The second-order valence-corrected chi connectivity index (χ2v) is 12.8. The highest BCUT2D eigenvalue weighted by atomic mass is 28.4. The Balaban J connectivity index is 1.91. The van der Waals surface area contributed by atoms with Gasteiger partial charge in [0.05, 0.1) is 11.2 Å². The molecule has 2 rings (SSSR count). The molecular weight excluding hydrogens is 303 g/mol. The van der Waals surface area contributed by atoms with Gasteiger partial charge in [-0.1, -0.05) is 24.6 Å². The van der Waals surface area contributed by atoms with Gasteiger partial charge in [-0.3, -0.25) is 0 Å². The predicted octanol–water partition coefficient (Wildman–Crippen LogP) is 4.93. The van der Waals surface area contributed by atoms with Crippen molar-refractivity contribution in [3.63, 3.8) is 0 Å². The molecule has 1 heterocycles. The number of hydrogen-bond acceptors (Lipinski definition) is 3. The lowest BCUT2D eigenvalue weighted by Crippen LogP contribution is -2.41. The minimum atomic E-state index is -1.58. The maximum Gasteiger partial charge on any atom is 0.457 e. The topological polar surface area (TPSA) is 27.7 Å². The highest BCUT2D eigenvalue weighted by Crippen LogP contribution is 2.38. The maximum atomic E-state index is 6.20. The van der Waals surface area contributed by atoms with Crippen LogP contribution < -0.4 is 4.43 Å². The Morgan fingerprint density at radius 1 is 1.00 bits per heavy atom. The predicted molar refractivity (Wildman–Crippen MR) is 99.6 cm³/mol. The van der Waals surface area contributed by atoms with Crippen LogP contribution in [0.25, 0.3) is 0 Å². The van der Waals surface area contributed by atoms with Crippen molar-refractivity contribution >= 4 is 15.4 Å². The van der Waals surface area contributed by atoms with Gasteiger partial charge < -0.3 is 13.7 Å². The highest BCUT2D eigenvalue weighted by Gasteiger charge is 2.50. The summed E-state index contributed by atoms with van der Waals surface area (Å²) in [5.41, 5.74) is 0.805. The van der Waals surface area contributed by atoms with Crippen LogP contribution in [0, 0.1) is 0 Å². The zero-order valence-electron chi connectivity index (χ0n) is 15.7. The Morgan fingerprint density at radius 3 is 2.13 bits per heavy atom. The lowest BCUT2D eigenvalue weighted by molar-refractivity contribution is 0.00578. The van der Waals surface area contributed by atoms with E-state index in [2.05, 4.69) is 65.5 Å². The van der Waals surface area contributed by atoms with Gasteiger partial charge in [0, 0.05) is 0 Å². The summed E-state index contributed by atoms with van der Waals surface area (Å²) in [4.78, 5) is 0. The Kier molecular flexibility index (Phi) is 5.34. The van der Waals surface area contributed by atoms with Gasteiger partial charge in [-0.25, -0.2) is 0 Å². The first-order valence-corrected chi connectivity index (χ1v) is 12.0. The van der Waals surface area contributed by atoms with Crippen molar-refractivity contribution in [1.82, 2.24) is 0 Å². The second-order valence-electron chi connectivity index (χ2n) is 8.40. The van der Waals surface area contributed by atoms with E-state index in [1.54, 1.807) is 0 Å². The van der Waals surface area contributed by atoms with Crippen molar-refractivity contribution in [2.75, 3.05) is 0 Å². The Labute approximate surface area is 143 Å². The summed E-state index contributed by atoms with van der Waals surface area (Å²) in [5.74, 6) is 1.04. The van der Waals surface area contributed by atoms with Gasteiger partial charge in [0.2, 0.25) is 8.32 Å². The van der Waals surface area contributed by atoms with E-state index in [-0.39, 0.29) is 18.3 Å². The van der Waals surface area contributed by atoms with Gasteiger partial charge >= 0.3 is 7.12 Å². The number of hydrogen-bond donors (Lipinski definition) is 0. The number of para-hydroxylation sites is 1. The molecule has 1 aromatic carbocycles. The minimum absolute atomic E-state index is 0.106. The zero-order chi connectivity index (χ0) is 17.3. The Bertz CT molecular complexity index is 521. The lowest BCUT2D eigenvalue weighted by atomic mass is 9.82. The molecule has 1 aliphatic heterocycles. The van der Waals surface area contributed by atoms with Crippen molar-refractivity contribution < 1.29 is 13.7 Å². The molecule has 0 spiro atoms. The molecule has 1 aliphatic rings. The van der Waals surface area contributed by atoms with E-state index >= 15 is 0 Å². The van der Waals surface area contributed by atoms with Crippen molar-refractivity contribution in [2.45, 2.75) is 77.7 Å². The fourth-order valence-electron chi connectivity index (χ4n) is 2.68. The summed E-state index contributed by atoms with van der Waals surface area (Å²) in [6.07, 6.45) is 2.93. The van der Waals surface area contributed by atoms with Crippen LogP contribution in [-0.4, -0.2) is 26.6 Å². The third kappa shape index (κ3) is 4.85. The van der Waals surface area contributed by atoms with Crippen LogP contribution in [0.5, 0.6) is 5.75 Å². The van der Waals surface area contributed by atoms with Crippen LogP contribution in [0.2, 0.25) is 26.0 Å². The van der Waals surface area contributed by atoms with Crippen LogP contribution in [0.4, 0.5) is 0 Å². The van der Waals surface area contributed by atoms with E-state index in [9.17, 15) is 0 Å². The van der Waals surface area contributed by atoms with Crippen molar-refractivity contribution in [3.05, 3.63) is 29.8 Å². The number of benzene rings is 1. The van der Waals surface area contributed by atoms with Gasteiger partial charge in [0.1, 0.15) is 5.75 Å². The monoisotopic (exact) mass is 334 g/mol. The molecule has 0 aromatic heterocycles. The number of rotatable bonds is 6. The Hall–Kier alpha value is -0.778. The first-order chi connectivity index (χ1) is 10.5. The fraction of sp³-hybridized carbons (Fsp3) is 0.667. The van der Waals surface area contributed by atoms with Gasteiger partial charge in [-0.05, 0) is 71.7 Å². The molecule has 0 radical (unpaired) electrons. The molecule has 0 amide bonds. The highest BCUT2D eigenvalue weighted by molar-refractivity contribution is 6.70. The van der Waals surface area contributed by atoms with Gasteiger partial charge in [0.25, 0.3) is 0 Å². The molecule has 0 saturated carbocycles. The molecule has 23 heavy (non-hydrogen) atoms. The van der Waals surface area contributed by atoms with Gasteiger partial charge in [-0.15, -0.1) is 0 Å². The van der Waals surface area contributed by atoms with E-state index in [1.165, 1.54) is 5.56 Å². The molecule has 1 aromatic rings. The SMILES string of the molecule is CC1(C)OB(CCCc2ccccc2O[Si](C)(C)C)OC1(C)C. The molecule has 128 valence electrons. The van der Waals surface area contributed by atoms with E-state index in [1.807, 2.05) is 6.07 Å². The van der Waals surface area contributed by atoms with Gasteiger partial charge in [0.15, 0.2) is 0 Å². The molecule has 5 heteroatoms. The molecule has 3 nitrogen and oxygen atoms in total. The van der Waals surface area contributed by atoms with E-state index in [0.29, 0.717) is 0 Å². The maximum absolute atomic E-state index is 6.20. The van der Waals surface area contributed by atoms with Crippen LogP contribution in [-0.2, 0) is 15.7 Å². The summed E-state index contributed by atoms with van der Waals surface area (Å²) in [6.45, 7) is 15.1. The second kappa shape index (κ2) is 6.61.